The molecule has 1 atom stereocenters. The molecule has 0 saturated carbocycles. The highest BCUT2D eigenvalue weighted by atomic mass is 32.2. The van der Waals surface area contributed by atoms with Crippen LogP contribution < -0.4 is 4.72 Å². The summed E-state index contributed by atoms with van der Waals surface area (Å²) in [5.74, 6) is 0.0605. The van der Waals surface area contributed by atoms with Crippen LogP contribution in [0.2, 0.25) is 0 Å². The SMILES string of the molecule is CS(=O)(=O)NC1CCN(C(=O)[C@H]2CCCO2)CC1. The summed E-state index contributed by atoms with van der Waals surface area (Å²) >= 11 is 0. The van der Waals surface area contributed by atoms with Gasteiger partial charge in [0.2, 0.25) is 10.0 Å². The first-order valence-corrected chi connectivity index (χ1v) is 8.22. The standard InChI is InChI=1S/C11H20N2O4S/c1-18(15,16)12-9-4-6-13(7-5-9)11(14)10-3-2-8-17-10/h9-10,12H,2-8H2,1H3/t10-/m1/s1. The fraction of sp³-hybridized carbons (Fsp3) is 0.909. The minimum absolute atomic E-state index is 0.0476. The Morgan fingerprint density at radius 2 is 1.94 bits per heavy atom. The molecule has 2 fully saturated rings. The van der Waals surface area contributed by atoms with Crippen LogP contribution in [-0.4, -0.2) is 57.3 Å². The third-order valence-corrected chi connectivity index (χ3v) is 4.15. The molecule has 0 unspecified atom stereocenters. The van der Waals surface area contributed by atoms with Crippen molar-refractivity contribution in [2.24, 2.45) is 0 Å². The Morgan fingerprint density at radius 1 is 1.28 bits per heavy atom. The number of nitrogens with zero attached hydrogens (tertiary/aromatic N) is 1. The van der Waals surface area contributed by atoms with Crippen LogP contribution >= 0.6 is 0 Å². The van der Waals surface area contributed by atoms with Crippen LogP contribution in [-0.2, 0) is 19.6 Å². The molecule has 104 valence electrons. The Balaban J connectivity index is 1.81. The van der Waals surface area contributed by atoms with Gasteiger partial charge >= 0.3 is 0 Å². The Kier molecular flexibility index (Phi) is 4.24. The summed E-state index contributed by atoms with van der Waals surface area (Å²) in [5, 5.41) is 0. The highest BCUT2D eigenvalue weighted by molar-refractivity contribution is 7.88. The van der Waals surface area contributed by atoms with Crippen LogP contribution in [0.15, 0.2) is 0 Å². The minimum Gasteiger partial charge on any atom is -0.368 e. The van der Waals surface area contributed by atoms with Gasteiger partial charge in [-0.05, 0) is 25.7 Å². The lowest BCUT2D eigenvalue weighted by atomic mass is 10.1. The van der Waals surface area contributed by atoms with Crippen molar-refractivity contribution < 1.29 is 17.9 Å². The van der Waals surface area contributed by atoms with E-state index in [1.807, 2.05) is 0 Å². The molecule has 1 amide bonds. The molecular formula is C11H20N2O4S. The summed E-state index contributed by atoms with van der Waals surface area (Å²) in [6.45, 7) is 1.88. The summed E-state index contributed by atoms with van der Waals surface area (Å²) in [5.41, 5.74) is 0. The molecule has 0 aromatic carbocycles. The van der Waals surface area contributed by atoms with E-state index in [1.54, 1.807) is 4.90 Å². The van der Waals surface area contributed by atoms with Gasteiger partial charge < -0.3 is 9.64 Å². The van der Waals surface area contributed by atoms with Gasteiger partial charge in [-0.2, -0.15) is 0 Å². The van der Waals surface area contributed by atoms with Gasteiger partial charge in [0.15, 0.2) is 0 Å². The van der Waals surface area contributed by atoms with E-state index in [1.165, 1.54) is 0 Å². The summed E-state index contributed by atoms with van der Waals surface area (Å²) in [7, 11) is -3.16. The highest BCUT2D eigenvalue weighted by Crippen LogP contribution is 2.18. The number of hydrogen-bond donors (Lipinski definition) is 1. The van der Waals surface area contributed by atoms with E-state index in [9.17, 15) is 13.2 Å². The third-order valence-electron chi connectivity index (χ3n) is 3.39. The zero-order chi connectivity index (χ0) is 13.2. The Bertz CT molecular complexity index is 395. The van der Waals surface area contributed by atoms with Gasteiger partial charge in [0.05, 0.1) is 6.26 Å². The molecule has 18 heavy (non-hydrogen) atoms. The number of piperidine rings is 1. The molecule has 2 aliphatic rings. The van der Waals surface area contributed by atoms with Gasteiger partial charge in [-0.3, -0.25) is 4.79 Å². The van der Waals surface area contributed by atoms with Crippen LogP contribution in [0.4, 0.5) is 0 Å². The van der Waals surface area contributed by atoms with Gasteiger partial charge in [-0.1, -0.05) is 0 Å². The normalized spacial score (nSPS) is 26.5. The highest BCUT2D eigenvalue weighted by Gasteiger charge is 2.31. The first-order valence-electron chi connectivity index (χ1n) is 6.33. The zero-order valence-electron chi connectivity index (χ0n) is 10.6. The zero-order valence-corrected chi connectivity index (χ0v) is 11.4. The maximum atomic E-state index is 12.1. The topological polar surface area (TPSA) is 75.7 Å². The van der Waals surface area contributed by atoms with E-state index in [-0.39, 0.29) is 18.1 Å². The van der Waals surface area contributed by atoms with Crippen molar-refractivity contribution in [1.29, 1.82) is 0 Å². The molecule has 6 nitrogen and oxygen atoms in total. The number of amides is 1. The summed E-state index contributed by atoms with van der Waals surface area (Å²) in [4.78, 5) is 13.8. The number of carbonyl (C=O) groups excluding carboxylic acids is 1. The van der Waals surface area contributed by atoms with Crippen LogP contribution in [0.5, 0.6) is 0 Å². The number of carbonyl (C=O) groups is 1. The van der Waals surface area contributed by atoms with Crippen LogP contribution in [0.25, 0.3) is 0 Å². The number of likely N-dealkylation sites (tertiary alicyclic amines) is 1. The lowest BCUT2D eigenvalue weighted by molar-refractivity contribution is -0.142. The second-order valence-corrected chi connectivity index (χ2v) is 6.77. The Morgan fingerprint density at radius 3 is 2.44 bits per heavy atom. The molecule has 2 aliphatic heterocycles. The molecule has 0 radical (unpaired) electrons. The molecule has 2 heterocycles. The maximum absolute atomic E-state index is 12.1. The molecule has 0 aromatic rings. The number of hydrogen-bond acceptors (Lipinski definition) is 4. The number of ether oxygens (including phenoxy) is 1. The molecule has 2 rings (SSSR count). The smallest absolute Gasteiger partial charge is 0.251 e. The Labute approximate surface area is 108 Å². The average molecular weight is 276 g/mol. The summed E-state index contributed by atoms with van der Waals surface area (Å²) < 4.78 is 30.2. The van der Waals surface area contributed by atoms with Gasteiger partial charge in [-0.25, -0.2) is 13.1 Å². The van der Waals surface area contributed by atoms with Crippen molar-refractivity contribution >= 4 is 15.9 Å². The first-order chi connectivity index (χ1) is 8.46. The predicted molar refractivity (Wildman–Crippen MR) is 66.6 cm³/mol. The van der Waals surface area contributed by atoms with E-state index >= 15 is 0 Å². The van der Waals surface area contributed by atoms with E-state index in [4.69, 9.17) is 4.74 Å². The quantitative estimate of drug-likeness (QED) is 0.768. The molecule has 2 saturated heterocycles. The van der Waals surface area contributed by atoms with E-state index < -0.39 is 10.0 Å². The van der Waals surface area contributed by atoms with Gasteiger partial charge in [-0.15, -0.1) is 0 Å². The van der Waals surface area contributed by atoms with Gasteiger partial charge in [0.1, 0.15) is 6.10 Å². The molecular weight excluding hydrogens is 256 g/mol. The largest absolute Gasteiger partial charge is 0.368 e. The van der Waals surface area contributed by atoms with Gasteiger partial charge in [0, 0.05) is 25.7 Å². The Hall–Kier alpha value is -0.660. The van der Waals surface area contributed by atoms with Crippen molar-refractivity contribution in [1.82, 2.24) is 9.62 Å². The first kappa shape index (κ1) is 13.8. The van der Waals surface area contributed by atoms with Crippen molar-refractivity contribution in [3.05, 3.63) is 0 Å². The fourth-order valence-electron chi connectivity index (χ4n) is 2.50. The maximum Gasteiger partial charge on any atom is 0.251 e. The van der Waals surface area contributed by atoms with Crippen LogP contribution in [0.1, 0.15) is 25.7 Å². The van der Waals surface area contributed by atoms with E-state index in [0.717, 1.165) is 19.1 Å². The van der Waals surface area contributed by atoms with Crippen LogP contribution in [0.3, 0.4) is 0 Å². The van der Waals surface area contributed by atoms with Crippen LogP contribution in [0, 0.1) is 0 Å². The van der Waals surface area contributed by atoms with E-state index in [2.05, 4.69) is 4.72 Å². The van der Waals surface area contributed by atoms with Crippen molar-refractivity contribution in [2.45, 2.75) is 37.8 Å². The minimum atomic E-state index is -3.16. The van der Waals surface area contributed by atoms with Crippen molar-refractivity contribution in [3.8, 4) is 0 Å². The monoisotopic (exact) mass is 276 g/mol. The molecule has 7 heteroatoms. The molecule has 0 spiro atoms. The van der Waals surface area contributed by atoms with Gasteiger partial charge in [0.25, 0.3) is 5.91 Å². The molecule has 0 aromatic heterocycles. The fourth-order valence-corrected chi connectivity index (χ4v) is 3.34. The number of nitrogens with one attached hydrogen (secondary N) is 1. The summed E-state index contributed by atoms with van der Waals surface area (Å²) in [6.07, 6.45) is 3.99. The average Bonchev–Trinajstić information content (AvgIpc) is 2.80. The molecule has 0 bridgehead atoms. The second-order valence-electron chi connectivity index (χ2n) is 4.99. The second kappa shape index (κ2) is 5.54. The third kappa shape index (κ3) is 3.66. The lowest BCUT2D eigenvalue weighted by Crippen LogP contribution is -2.48. The summed E-state index contributed by atoms with van der Waals surface area (Å²) in [6, 6.07) is -0.0476. The lowest BCUT2D eigenvalue weighted by Gasteiger charge is -2.33. The number of rotatable bonds is 3. The number of sulfonamides is 1. The van der Waals surface area contributed by atoms with Crippen molar-refractivity contribution in [2.75, 3.05) is 26.0 Å². The van der Waals surface area contributed by atoms with Crippen molar-refractivity contribution in [3.63, 3.8) is 0 Å². The predicted octanol–water partition coefficient (Wildman–Crippen LogP) is -0.294. The van der Waals surface area contributed by atoms with E-state index in [0.29, 0.717) is 32.5 Å². The molecule has 0 aliphatic carbocycles. The molecule has 1 N–H and O–H groups in total.